The van der Waals surface area contributed by atoms with Crippen LogP contribution in [0.15, 0.2) is 24.3 Å². The number of hydrogen-bond acceptors (Lipinski definition) is 1. The van der Waals surface area contributed by atoms with Gasteiger partial charge in [-0.25, -0.2) is 0 Å². The molecular weight excluding hydrogens is 418 g/mol. The maximum atomic E-state index is 4.09. The molecule has 1 fully saturated rings. The van der Waals surface area contributed by atoms with Gasteiger partial charge >= 0.3 is 0 Å². The van der Waals surface area contributed by atoms with E-state index in [1.165, 1.54) is 43.4 Å². The van der Waals surface area contributed by atoms with E-state index in [0.29, 0.717) is 6.04 Å². The zero-order chi connectivity index (χ0) is 11.4. The molecule has 102 valence electrons. The summed E-state index contributed by atoms with van der Waals surface area (Å²) in [4.78, 5) is 2.26. The second-order valence-electron chi connectivity index (χ2n) is 4.82. The van der Waals surface area contributed by atoms with Crippen molar-refractivity contribution in [3.63, 3.8) is 0 Å². The SMILES string of the molecule is [Ar].[CH2-]N1CCC[C@@H]1CCc1ccc(CC)cc1.[W]. The molecule has 1 aliphatic heterocycles. The van der Waals surface area contributed by atoms with Crippen molar-refractivity contribution >= 4 is 0 Å². The van der Waals surface area contributed by atoms with Crippen molar-refractivity contribution in [2.75, 3.05) is 6.54 Å². The van der Waals surface area contributed by atoms with Gasteiger partial charge in [-0.05, 0) is 55.8 Å². The molecule has 0 amide bonds. The van der Waals surface area contributed by atoms with Crippen molar-refractivity contribution in [3.8, 4) is 0 Å². The average molecular weight is 440 g/mol. The van der Waals surface area contributed by atoms with E-state index >= 15 is 0 Å². The van der Waals surface area contributed by atoms with Crippen LogP contribution in [0.2, 0.25) is 0 Å². The molecule has 1 aromatic carbocycles. The van der Waals surface area contributed by atoms with E-state index in [9.17, 15) is 0 Å². The first kappa shape index (κ1) is 19.1. The number of aryl methyl sites for hydroxylation is 2. The summed E-state index contributed by atoms with van der Waals surface area (Å²) in [5.41, 5.74) is 2.90. The summed E-state index contributed by atoms with van der Waals surface area (Å²) in [6.07, 6.45) is 6.24. The van der Waals surface area contributed by atoms with Gasteiger partial charge in [0.1, 0.15) is 0 Å². The second kappa shape index (κ2) is 9.94. The molecule has 0 aliphatic carbocycles. The summed E-state index contributed by atoms with van der Waals surface area (Å²) >= 11 is 0. The third kappa shape index (κ3) is 5.63. The van der Waals surface area contributed by atoms with Crippen LogP contribution in [-0.2, 0) is 33.9 Å². The Bertz CT molecular complexity index is 326. The average Bonchev–Trinajstić information content (AvgIpc) is 2.73. The zero-order valence-electron chi connectivity index (χ0n) is 11.0. The quantitative estimate of drug-likeness (QED) is 0.649. The molecule has 0 unspecified atom stereocenters. The summed E-state index contributed by atoms with van der Waals surface area (Å²) in [7, 11) is 4.09. The van der Waals surface area contributed by atoms with Crippen molar-refractivity contribution in [3.05, 3.63) is 42.4 Å². The predicted octanol–water partition coefficient (Wildman–Crippen LogP) is 3.44. The van der Waals surface area contributed by atoms with Gasteiger partial charge in [-0.3, -0.25) is 7.05 Å². The van der Waals surface area contributed by atoms with Crippen molar-refractivity contribution in [2.45, 2.75) is 45.1 Å². The second-order valence-corrected chi connectivity index (χ2v) is 4.82. The molecule has 0 spiro atoms. The fourth-order valence-electron chi connectivity index (χ4n) is 2.50. The summed E-state index contributed by atoms with van der Waals surface area (Å²) in [6.45, 7) is 3.38. The number of nitrogens with zero attached hydrogens (tertiary/aromatic N) is 1. The molecule has 2 rings (SSSR count). The Hall–Kier alpha value is 1.13. The van der Waals surface area contributed by atoms with Gasteiger partial charge in [0.05, 0.1) is 0 Å². The van der Waals surface area contributed by atoms with Crippen molar-refractivity contribution in [2.24, 2.45) is 0 Å². The first-order valence-electron chi connectivity index (χ1n) is 6.44. The maximum absolute atomic E-state index is 4.09. The van der Waals surface area contributed by atoms with Crippen molar-refractivity contribution in [1.29, 1.82) is 0 Å². The van der Waals surface area contributed by atoms with Crippen LogP contribution in [0.4, 0.5) is 0 Å². The first-order chi connectivity index (χ1) is 7.79. The third-order valence-electron chi connectivity index (χ3n) is 3.70. The van der Waals surface area contributed by atoms with E-state index < -0.39 is 0 Å². The molecule has 0 radical (unpaired) electrons. The molecule has 3 heteroatoms. The number of benzene rings is 1. The summed E-state index contributed by atoms with van der Waals surface area (Å²) in [5, 5.41) is 0. The molecular formula is C15H22ArNW-. The minimum Gasteiger partial charge on any atom is -0.457 e. The summed E-state index contributed by atoms with van der Waals surface area (Å²) < 4.78 is 0. The van der Waals surface area contributed by atoms with Gasteiger partial charge < -0.3 is 4.90 Å². The van der Waals surface area contributed by atoms with Gasteiger partial charge in [-0.2, -0.15) is 0 Å². The van der Waals surface area contributed by atoms with Crippen molar-refractivity contribution < 1.29 is 58.8 Å². The van der Waals surface area contributed by atoms with E-state index in [0.717, 1.165) is 6.42 Å². The Kier molecular flexibility index (Phi) is 10.6. The van der Waals surface area contributed by atoms with Crippen LogP contribution in [0.25, 0.3) is 0 Å². The molecule has 1 nitrogen and oxygen atoms in total. The first-order valence-corrected chi connectivity index (χ1v) is 6.44. The number of hydrogen-bond donors (Lipinski definition) is 0. The molecule has 0 bridgehead atoms. The molecule has 1 aliphatic rings. The Morgan fingerprint density at radius 3 is 2.33 bits per heavy atom. The zero-order valence-corrected chi connectivity index (χ0v) is 14.7. The van der Waals surface area contributed by atoms with E-state index in [1.807, 2.05) is 0 Å². The normalized spacial score (nSPS) is 19.1. The van der Waals surface area contributed by atoms with Gasteiger partial charge in [0, 0.05) is 58.8 Å². The fourth-order valence-corrected chi connectivity index (χ4v) is 2.50. The van der Waals surface area contributed by atoms with Crippen LogP contribution >= 0.6 is 0 Å². The van der Waals surface area contributed by atoms with Crippen LogP contribution in [-0.4, -0.2) is 17.5 Å². The topological polar surface area (TPSA) is 3.24 Å². The number of likely N-dealkylation sites (tertiary alicyclic amines) is 1. The van der Waals surface area contributed by atoms with E-state index in [2.05, 4.69) is 43.1 Å². The van der Waals surface area contributed by atoms with Gasteiger partial charge in [0.15, 0.2) is 0 Å². The monoisotopic (exact) mass is 440 g/mol. The van der Waals surface area contributed by atoms with Crippen LogP contribution in [0.5, 0.6) is 0 Å². The van der Waals surface area contributed by atoms with Crippen molar-refractivity contribution in [1.82, 2.24) is 4.90 Å². The summed E-state index contributed by atoms with van der Waals surface area (Å²) in [6, 6.07) is 9.78. The van der Waals surface area contributed by atoms with Gasteiger partial charge in [-0.1, -0.05) is 31.2 Å². The standard InChI is InChI=1S/C15H22N.Ar.W/c1-3-13-6-8-14(9-7-13)10-11-15-5-4-12-16(15)2;;/h6-9,15H,2-5,10-12H2,1H3;;/q-1;;/t15-;;/m1../s1. The Morgan fingerprint density at radius 2 is 1.83 bits per heavy atom. The van der Waals surface area contributed by atoms with Gasteiger partial charge in [-0.15, -0.1) is 0 Å². The predicted molar refractivity (Wildman–Crippen MR) is 69.2 cm³/mol. The molecule has 0 N–H and O–H groups in total. The molecule has 1 saturated heterocycles. The van der Waals surface area contributed by atoms with Gasteiger partial charge in [0.25, 0.3) is 0 Å². The Morgan fingerprint density at radius 1 is 1.22 bits per heavy atom. The molecule has 1 heterocycles. The Labute approximate surface area is 156 Å². The molecule has 1 aromatic rings. The minimum absolute atomic E-state index is 0. The van der Waals surface area contributed by atoms with E-state index in [1.54, 1.807) is 0 Å². The third-order valence-corrected chi connectivity index (χ3v) is 3.70. The molecule has 1 atom stereocenters. The minimum atomic E-state index is 0. The Balaban J connectivity index is 0.00000144. The van der Waals surface area contributed by atoms with Crippen LogP contribution in [0.1, 0.15) is 37.3 Å². The molecule has 0 aromatic heterocycles. The van der Waals surface area contributed by atoms with E-state index in [-0.39, 0.29) is 58.8 Å². The number of rotatable bonds is 4. The summed E-state index contributed by atoms with van der Waals surface area (Å²) in [5.74, 6) is 0. The van der Waals surface area contributed by atoms with Gasteiger partial charge in [0.2, 0.25) is 0 Å². The van der Waals surface area contributed by atoms with Crippen LogP contribution in [0.3, 0.4) is 0 Å². The maximum Gasteiger partial charge on any atom is 0 e. The van der Waals surface area contributed by atoms with Crippen LogP contribution in [0, 0.1) is 44.8 Å². The molecule has 0 saturated carbocycles. The largest absolute Gasteiger partial charge is 0.457 e. The van der Waals surface area contributed by atoms with Crippen LogP contribution < -0.4 is 0 Å². The van der Waals surface area contributed by atoms with E-state index in [4.69, 9.17) is 0 Å². The molecule has 18 heavy (non-hydrogen) atoms. The fraction of sp³-hybridized carbons (Fsp3) is 0.533. The smallest absolute Gasteiger partial charge is 0 e.